The molecule has 0 fully saturated rings. The highest BCUT2D eigenvalue weighted by Gasteiger charge is 2.26. The van der Waals surface area contributed by atoms with Gasteiger partial charge in [0.1, 0.15) is 0 Å². The first-order valence-electron chi connectivity index (χ1n) is 10.0. The van der Waals surface area contributed by atoms with E-state index in [2.05, 4.69) is 9.71 Å². The molecule has 166 valence electrons. The molecule has 0 heterocycles. The molecular formula is C25H19N2O5S-. The van der Waals surface area contributed by atoms with Crippen molar-refractivity contribution in [1.29, 1.82) is 0 Å². The molecule has 0 saturated heterocycles. The number of aryl methyl sites for hydroxylation is 2. The third-order valence-corrected chi connectivity index (χ3v) is 6.67. The van der Waals surface area contributed by atoms with E-state index in [-0.39, 0.29) is 27.7 Å². The number of Topliss-reactive ketones (excluding diaryl/α,β-unsaturated/α-hetero) is 1. The number of hydrogen-bond donors (Lipinski definition) is 1. The molecule has 3 aromatic carbocycles. The number of hydrogen-bond acceptors (Lipinski definition) is 6. The maximum Gasteiger partial charge on any atom is 0.282 e. The van der Waals surface area contributed by atoms with Crippen LogP contribution in [0.5, 0.6) is 0 Å². The normalized spacial score (nSPS) is 14.5. The van der Waals surface area contributed by atoms with E-state index in [0.29, 0.717) is 16.8 Å². The van der Waals surface area contributed by atoms with Crippen LogP contribution in [0.4, 0.5) is 5.69 Å². The molecule has 3 aromatic rings. The molecule has 0 bridgehead atoms. The van der Waals surface area contributed by atoms with Crippen molar-refractivity contribution in [3.05, 3.63) is 106 Å². The summed E-state index contributed by atoms with van der Waals surface area (Å²) in [6, 6.07) is 16.9. The second-order valence-corrected chi connectivity index (χ2v) is 9.22. The minimum Gasteiger partial charge on any atom is -0.545 e. The average molecular weight is 460 g/mol. The van der Waals surface area contributed by atoms with Crippen LogP contribution >= 0.6 is 0 Å². The third-order valence-electron chi connectivity index (χ3n) is 5.37. The number of carboxylic acids is 1. The fourth-order valence-corrected chi connectivity index (χ4v) is 4.41. The van der Waals surface area contributed by atoms with Gasteiger partial charge in [-0.1, -0.05) is 42.5 Å². The Labute approximate surface area is 191 Å². The lowest BCUT2D eigenvalue weighted by atomic mass is 9.92. The van der Waals surface area contributed by atoms with Gasteiger partial charge in [-0.15, -0.1) is 0 Å². The van der Waals surface area contributed by atoms with Gasteiger partial charge in [-0.05, 0) is 60.9 Å². The molecule has 33 heavy (non-hydrogen) atoms. The maximum atomic E-state index is 13.1. The highest BCUT2D eigenvalue weighted by molar-refractivity contribution is 7.90. The number of ketones is 1. The van der Waals surface area contributed by atoms with Crippen LogP contribution in [0.25, 0.3) is 0 Å². The molecule has 0 aromatic heterocycles. The van der Waals surface area contributed by atoms with Crippen LogP contribution in [0.1, 0.15) is 37.4 Å². The average Bonchev–Trinajstić information content (AvgIpc) is 2.79. The number of aromatic carboxylic acids is 1. The quantitative estimate of drug-likeness (QED) is 0.627. The summed E-state index contributed by atoms with van der Waals surface area (Å²) in [5.41, 5.74) is 3.70. The van der Waals surface area contributed by atoms with Crippen LogP contribution in [0.3, 0.4) is 0 Å². The van der Waals surface area contributed by atoms with Crippen molar-refractivity contribution in [1.82, 2.24) is 0 Å². The number of rotatable bonds is 5. The summed E-state index contributed by atoms with van der Waals surface area (Å²) in [4.78, 5) is 23.8. The van der Waals surface area contributed by atoms with E-state index in [1.807, 2.05) is 32.0 Å². The van der Waals surface area contributed by atoms with E-state index in [1.54, 1.807) is 24.3 Å². The predicted molar refractivity (Wildman–Crippen MR) is 123 cm³/mol. The number of anilines is 1. The van der Waals surface area contributed by atoms with Gasteiger partial charge >= 0.3 is 0 Å². The lowest BCUT2D eigenvalue weighted by Crippen LogP contribution is -2.23. The first-order chi connectivity index (χ1) is 15.7. The van der Waals surface area contributed by atoms with Crippen molar-refractivity contribution in [3.63, 3.8) is 0 Å². The van der Waals surface area contributed by atoms with E-state index in [0.717, 1.165) is 35.4 Å². The summed E-state index contributed by atoms with van der Waals surface area (Å²) in [7, 11) is -4.18. The Bertz CT molecular complexity index is 1450. The van der Waals surface area contributed by atoms with Crippen molar-refractivity contribution < 1.29 is 23.1 Å². The molecular weight excluding hydrogens is 440 g/mol. The van der Waals surface area contributed by atoms with E-state index in [1.165, 1.54) is 6.08 Å². The standard InChI is InChI=1S/C25H20N2O5S/c1-15-7-10-18(13-16(15)2)26-23-14-22(20-5-3-4-6-21(20)24(23)28)27-33(31,32)19-11-8-17(9-12-19)25(29)30/h3-14,26H,1-2H3,(H,29,30)/p-1. The fraction of sp³-hybridized carbons (Fsp3) is 0.0800. The number of benzene rings is 3. The van der Waals surface area contributed by atoms with Gasteiger partial charge in [0.25, 0.3) is 10.0 Å². The van der Waals surface area contributed by atoms with Crippen LogP contribution in [0.15, 0.2) is 87.8 Å². The summed E-state index contributed by atoms with van der Waals surface area (Å²) in [5.74, 6) is -1.69. The first-order valence-corrected chi connectivity index (χ1v) is 11.5. The monoisotopic (exact) mass is 459 g/mol. The fourth-order valence-electron chi connectivity index (χ4n) is 3.42. The Hall–Kier alpha value is -4.04. The van der Waals surface area contributed by atoms with Gasteiger partial charge in [0.05, 0.1) is 22.3 Å². The van der Waals surface area contributed by atoms with E-state index < -0.39 is 16.0 Å². The second kappa shape index (κ2) is 8.48. The van der Waals surface area contributed by atoms with Gasteiger partial charge in [0.2, 0.25) is 5.78 Å². The van der Waals surface area contributed by atoms with E-state index in [9.17, 15) is 23.1 Å². The minimum absolute atomic E-state index is 0.0977. The summed E-state index contributed by atoms with van der Waals surface area (Å²) < 4.78 is 29.8. The second-order valence-electron chi connectivity index (χ2n) is 7.62. The van der Waals surface area contributed by atoms with Crippen molar-refractivity contribution in [2.24, 2.45) is 4.40 Å². The molecule has 0 atom stereocenters. The molecule has 0 aliphatic heterocycles. The van der Waals surface area contributed by atoms with Crippen molar-refractivity contribution in [2.45, 2.75) is 18.7 Å². The highest BCUT2D eigenvalue weighted by atomic mass is 32.2. The zero-order valence-electron chi connectivity index (χ0n) is 17.8. The SMILES string of the molecule is Cc1ccc(NC2=CC(=NS(=O)(=O)c3ccc(C(=O)[O-])cc3)c3ccccc3C2=O)cc1C. The number of carbonyl (C=O) groups is 2. The molecule has 1 N–H and O–H groups in total. The Morgan fingerprint density at radius 2 is 1.58 bits per heavy atom. The van der Waals surface area contributed by atoms with Crippen molar-refractivity contribution in [2.75, 3.05) is 5.32 Å². The first kappa shape index (κ1) is 22.2. The minimum atomic E-state index is -4.18. The van der Waals surface area contributed by atoms with Gasteiger partial charge in [0, 0.05) is 16.8 Å². The zero-order chi connectivity index (χ0) is 23.8. The molecule has 8 heteroatoms. The lowest BCUT2D eigenvalue weighted by Gasteiger charge is -2.19. The number of sulfonamides is 1. The Morgan fingerprint density at radius 3 is 2.21 bits per heavy atom. The third kappa shape index (κ3) is 4.47. The number of fused-ring (bicyclic) bond motifs is 1. The Morgan fingerprint density at radius 1 is 0.909 bits per heavy atom. The van der Waals surface area contributed by atoms with Crippen LogP contribution in [0.2, 0.25) is 0 Å². The van der Waals surface area contributed by atoms with Gasteiger partial charge in [-0.25, -0.2) is 0 Å². The molecule has 4 rings (SSSR count). The predicted octanol–water partition coefficient (Wildman–Crippen LogP) is 3.04. The molecule has 7 nitrogen and oxygen atoms in total. The highest BCUT2D eigenvalue weighted by Crippen LogP contribution is 2.26. The van der Waals surface area contributed by atoms with E-state index in [4.69, 9.17) is 0 Å². The summed E-state index contributed by atoms with van der Waals surface area (Å²) >= 11 is 0. The van der Waals surface area contributed by atoms with Gasteiger partial charge < -0.3 is 15.2 Å². The molecule has 0 unspecified atom stereocenters. The molecule has 1 aliphatic rings. The molecule has 0 radical (unpaired) electrons. The smallest absolute Gasteiger partial charge is 0.282 e. The lowest BCUT2D eigenvalue weighted by molar-refractivity contribution is -0.255. The van der Waals surface area contributed by atoms with Gasteiger partial charge in [-0.2, -0.15) is 12.8 Å². The van der Waals surface area contributed by atoms with E-state index >= 15 is 0 Å². The van der Waals surface area contributed by atoms with Crippen LogP contribution < -0.4 is 10.4 Å². The summed E-state index contributed by atoms with van der Waals surface area (Å²) in [5, 5.41) is 14.0. The molecule has 1 aliphatic carbocycles. The number of nitrogens with one attached hydrogen (secondary N) is 1. The molecule has 0 amide bonds. The Kier molecular flexibility index (Phi) is 5.69. The summed E-state index contributed by atoms with van der Waals surface area (Å²) in [6.45, 7) is 3.94. The number of nitrogens with zero attached hydrogens (tertiary/aromatic N) is 1. The van der Waals surface area contributed by atoms with Gasteiger partial charge in [0.15, 0.2) is 0 Å². The van der Waals surface area contributed by atoms with Gasteiger partial charge in [-0.3, -0.25) is 4.79 Å². The summed E-state index contributed by atoms with van der Waals surface area (Å²) in [6.07, 6.45) is 1.41. The molecule has 0 saturated carbocycles. The molecule has 0 spiro atoms. The van der Waals surface area contributed by atoms with Crippen LogP contribution in [0, 0.1) is 13.8 Å². The maximum absolute atomic E-state index is 13.1. The van der Waals surface area contributed by atoms with Crippen LogP contribution in [-0.4, -0.2) is 25.9 Å². The largest absolute Gasteiger partial charge is 0.545 e. The van der Waals surface area contributed by atoms with Crippen LogP contribution in [-0.2, 0) is 10.0 Å². The number of carbonyl (C=O) groups excluding carboxylic acids is 2. The van der Waals surface area contributed by atoms with Crippen molar-refractivity contribution >= 4 is 33.2 Å². The number of allylic oxidation sites excluding steroid dienone is 2. The zero-order valence-corrected chi connectivity index (χ0v) is 18.6. The Balaban J connectivity index is 1.78. The number of carboxylic acid groups (broad SMARTS) is 1. The topological polar surface area (TPSA) is 116 Å². The van der Waals surface area contributed by atoms with Crippen molar-refractivity contribution in [3.8, 4) is 0 Å².